The summed E-state index contributed by atoms with van der Waals surface area (Å²) in [6, 6.07) is 8.55. The normalized spacial score (nSPS) is 16.5. The smallest absolute Gasteiger partial charge is 0.298 e. The van der Waals surface area contributed by atoms with Gasteiger partial charge in [-0.2, -0.15) is 4.98 Å². The topological polar surface area (TPSA) is 71.4 Å². The van der Waals surface area contributed by atoms with Crippen molar-refractivity contribution in [1.82, 2.24) is 20.1 Å². The van der Waals surface area contributed by atoms with Crippen LogP contribution in [0, 0.1) is 6.92 Å². The van der Waals surface area contributed by atoms with Crippen molar-refractivity contribution in [2.75, 3.05) is 31.1 Å². The predicted molar refractivity (Wildman–Crippen MR) is 80.5 cm³/mol. The highest BCUT2D eigenvalue weighted by atomic mass is 16.4. The van der Waals surface area contributed by atoms with E-state index in [0.717, 1.165) is 37.3 Å². The Morgan fingerprint density at radius 2 is 1.86 bits per heavy atom. The number of aryl methyl sites for hydroxylation is 1. The van der Waals surface area contributed by atoms with Gasteiger partial charge in [0.25, 0.3) is 6.01 Å². The fourth-order valence-electron chi connectivity index (χ4n) is 2.69. The maximum absolute atomic E-state index is 5.82. The van der Waals surface area contributed by atoms with E-state index in [0.29, 0.717) is 24.3 Å². The number of aromatic nitrogens is 3. The molecule has 1 aliphatic heterocycles. The number of benzene rings is 1. The SMILES string of the molecule is Cc1nnc(CN2CCN(c3nc4ccccc4o3)CC2)o1. The maximum Gasteiger partial charge on any atom is 0.298 e. The highest BCUT2D eigenvalue weighted by Gasteiger charge is 2.22. The van der Waals surface area contributed by atoms with E-state index >= 15 is 0 Å². The molecule has 114 valence electrons. The van der Waals surface area contributed by atoms with Crippen LogP contribution in [0.2, 0.25) is 0 Å². The van der Waals surface area contributed by atoms with Crippen molar-refractivity contribution in [3.63, 3.8) is 0 Å². The number of hydrogen-bond donors (Lipinski definition) is 0. The van der Waals surface area contributed by atoms with E-state index in [1.807, 2.05) is 31.2 Å². The lowest BCUT2D eigenvalue weighted by molar-refractivity contribution is 0.221. The molecule has 1 saturated heterocycles. The van der Waals surface area contributed by atoms with Gasteiger partial charge in [0.1, 0.15) is 5.52 Å². The highest BCUT2D eigenvalue weighted by Crippen LogP contribution is 2.22. The van der Waals surface area contributed by atoms with Gasteiger partial charge in [-0.05, 0) is 12.1 Å². The molecular weight excluding hydrogens is 282 g/mol. The molecule has 0 atom stereocenters. The van der Waals surface area contributed by atoms with Gasteiger partial charge in [-0.3, -0.25) is 4.90 Å². The number of oxazole rings is 1. The number of para-hydroxylation sites is 2. The summed E-state index contributed by atoms with van der Waals surface area (Å²) in [5, 5.41) is 7.90. The van der Waals surface area contributed by atoms with E-state index < -0.39 is 0 Å². The van der Waals surface area contributed by atoms with Crippen LogP contribution in [0.1, 0.15) is 11.8 Å². The van der Waals surface area contributed by atoms with Crippen molar-refractivity contribution in [2.45, 2.75) is 13.5 Å². The molecule has 0 N–H and O–H groups in total. The van der Waals surface area contributed by atoms with Gasteiger partial charge in [0.15, 0.2) is 5.58 Å². The first-order chi connectivity index (χ1) is 10.8. The van der Waals surface area contributed by atoms with E-state index in [4.69, 9.17) is 8.83 Å². The molecule has 1 aromatic carbocycles. The van der Waals surface area contributed by atoms with Gasteiger partial charge in [0.2, 0.25) is 11.8 Å². The van der Waals surface area contributed by atoms with E-state index in [-0.39, 0.29) is 0 Å². The molecule has 0 bridgehead atoms. The molecule has 0 spiro atoms. The summed E-state index contributed by atoms with van der Waals surface area (Å²) in [6.45, 7) is 6.09. The minimum absolute atomic E-state index is 0.611. The Bertz CT molecular complexity index is 740. The van der Waals surface area contributed by atoms with Crippen LogP contribution in [0.15, 0.2) is 33.1 Å². The quantitative estimate of drug-likeness (QED) is 0.730. The molecule has 2 aromatic heterocycles. The minimum atomic E-state index is 0.611. The third kappa shape index (κ3) is 2.55. The van der Waals surface area contributed by atoms with Crippen LogP contribution in [0.4, 0.5) is 6.01 Å². The molecule has 3 aromatic rings. The van der Waals surface area contributed by atoms with Gasteiger partial charge in [0, 0.05) is 33.1 Å². The first kappa shape index (κ1) is 13.3. The molecule has 7 heteroatoms. The van der Waals surface area contributed by atoms with Gasteiger partial charge in [-0.1, -0.05) is 12.1 Å². The van der Waals surface area contributed by atoms with Gasteiger partial charge < -0.3 is 13.7 Å². The third-order valence-corrected chi connectivity index (χ3v) is 3.85. The Hall–Kier alpha value is -2.41. The van der Waals surface area contributed by atoms with Crippen LogP contribution in [0.3, 0.4) is 0 Å². The minimum Gasteiger partial charge on any atom is -0.424 e. The highest BCUT2D eigenvalue weighted by molar-refractivity contribution is 5.74. The second-order valence-corrected chi connectivity index (χ2v) is 5.44. The standard InChI is InChI=1S/C15H17N5O2/c1-11-17-18-14(21-11)10-19-6-8-20(9-7-19)15-16-12-4-2-3-5-13(12)22-15/h2-5H,6-10H2,1H3. The van der Waals surface area contributed by atoms with E-state index in [1.165, 1.54) is 0 Å². The Balaban J connectivity index is 1.40. The second-order valence-electron chi connectivity index (χ2n) is 5.44. The van der Waals surface area contributed by atoms with Crippen LogP contribution in [0.25, 0.3) is 11.1 Å². The lowest BCUT2D eigenvalue weighted by Gasteiger charge is -2.32. The van der Waals surface area contributed by atoms with Crippen molar-refractivity contribution in [3.8, 4) is 0 Å². The summed E-state index contributed by atoms with van der Waals surface area (Å²) < 4.78 is 11.2. The fourth-order valence-corrected chi connectivity index (χ4v) is 2.69. The Kier molecular flexibility index (Phi) is 3.27. The zero-order valence-electron chi connectivity index (χ0n) is 12.4. The summed E-state index contributed by atoms with van der Waals surface area (Å²) in [6.07, 6.45) is 0. The zero-order chi connectivity index (χ0) is 14.9. The van der Waals surface area contributed by atoms with E-state index in [1.54, 1.807) is 0 Å². The van der Waals surface area contributed by atoms with Crippen LogP contribution in [-0.4, -0.2) is 46.3 Å². The summed E-state index contributed by atoms with van der Waals surface area (Å²) in [4.78, 5) is 9.02. The summed E-state index contributed by atoms with van der Waals surface area (Å²) in [7, 11) is 0. The summed E-state index contributed by atoms with van der Waals surface area (Å²) in [5.74, 6) is 1.29. The molecular formula is C15H17N5O2. The fraction of sp³-hybridized carbons (Fsp3) is 0.400. The summed E-state index contributed by atoms with van der Waals surface area (Å²) >= 11 is 0. The molecule has 3 heterocycles. The van der Waals surface area contributed by atoms with Gasteiger partial charge in [-0.15, -0.1) is 10.2 Å². The Morgan fingerprint density at radius 1 is 1.05 bits per heavy atom. The first-order valence-corrected chi connectivity index (χ1v) is 7.40. The molecule has 0 aliphatic carbocycles. The molecule has 4 rings (SSSR count). The number of fused-ring (bicyclic) bond motifs is 1. The Morgan fingerprint density at radius 3 is 2.59 bits per heavy atom. The second kappa shape index (κ2) is 5.42. The van der Waals surface area contributed by atoms with Crippen LogP contribution in [0.5, 0.6) is 0 Å². The van der Waals surface area contributed by atoms with Crippen LogP contribution < -0.4 is 4.90 Å². The molecule has 1 fully saturated rings. The largest absolute Gasteiger partial charge is 0.424 e. The Labute approximate surface area is 127 Å². The predicted octanol–water partition coefficient (Wildman–Crippen LogP) is 1.84. The lowest BCUT2D eigenvalue weighted by Crippen LogP contribution is -2.46. The van der Waals surface area contributed by atoms with Gasteiger partial charge in [0.05, 0.1) is 6.54 Å². The molecule has 0 unspecified atom stereocenters. The zero-order valence-corrected chi connectivity index (χ0v) is 12.4. The molecule has 0 amide bonds. The number of hydrogen-bond acceptors (Lipinski definition) is 7. The number of nitrogens with zero attached hydrogens (tertiary/aromatic N) is 5. The molecule has 0 saturated carbocycles. The molecule has 0 radical (unpaired) electrons. The number of anilines is 1. The molecule has 22 heavy (non-hydrogen) atoms. The van der Waals surface area contributed by atoms with E-state index in [9.17, 15) is 0 Å². The third-order valence-electron chi connectivity index (χ3n) is 3.85. The van der Waals surface area contributed by atoms with Gasteiger partial charge >= 0.3 is 0 Å². The lowest BCUT2D eigenvalue weighted by atomic mass is 10.3. The first-order valence-electron chi connectivity index (χ1n) is 7.40. The van der Waals surface area contributed by atoms with Crippen LogP contribution >= 0.6 is 0 Å². The van der Waals surface area contributed by atoms with Crippen molar-refractivity contribution in [2.24, 2.45) is 0 Å². The molecule has 7 nitrogen and oxygen atoms in total. The number of rotatable bonds is 3. The van der Waals surface area contributed by atoms with Crippen LogP contribution in [-0.2, 0) is 6.54 Å². The van der Waals surface area contributed by atoms with Crippen molar-refractivity contribution in [1.29, 1.82) is 0 Å². The monoisotopic (exact) mass is 299 g/mol. The maximum atomic E-state index is 5.82. The average molecular weight is 299 g/mol. The number of piperazine rings is 1. The van der Waals surface area contributed by atoms with E-state index in [2.05, 4.69) is 25.0 Å². The van der Waals surface area contributed by atoms with Gasteiger partial charge in [-0.25, -0.2) is 0 Å². The van der Waals surface area contributed by atoms with Crippen molar-refractivity contribution < 1.29 is 8.83 Å². The summed E-state index contributed by atoms with van der Waals surface area (Å²) in [5.41, 5.74) is 1.74. The molecule has 1 aliphatic rings. The average Bonchev–Trinajstić information content (AvgIpc) is 3.14. The van der Waals surface area contributed by atoms with Crippen molar-refractivity contribution >= 4 is 17.1 Å². The van der Waals surface area contributed by atoms with Crippen molar-refractivity contribution in [3.05, 3.63) is 36.0 Å².